The summed E-state index contributed by atoms with van der Waals surface area (Å²) in [5.41, 5.74) is 9.80. The van der Waals surface area contributed by atoms with Crippen LogP contribution in [0.3, 0.4) is 0 Å². The van der Waals surface area contributed by atoms with Gasteiger partial charge in [-0.25, -0.2) is 0 Å². The second kappa shape index (κ2) is 7.84. The zero-order valence-electron chi connectivity index (χ0n) is 17.8. The minimum absolute atomic E-state index is 0.0233. The molecule has 3 N–H and O–H groups in total. The number of anilines is 1. The number of rotatable bonds is 5. The van der Waals surface area contributed by atoms with Crippen LogP contribution >= 0.6 is 0 Å². The van der Waals surface area contributed by atoms with E-state index in [0.29, 0.717) is 18.0 Å². The van der Waals surface area contributed by atoms with Gasteiger partial charge in [-0.2, -0.15) is 4.57 Å². The number of nitrogens with two attached hydrogens (primary N) is 1. The Hall–Kier alpha value is -2.73. The number of fused-ring (bicyclic) bond motifs is 1. The average Bonchev–Trinajstić information content (AvgIpc) is 3.52. The number of amides is 2. The van der Waals surface area contributed by atoms with Gasteiger partial charge in [-0.05, 0) is 61.9 Å². The molecule has 0 bridgehead atoms. The molecule has 1 aliphatic heterocycles. The lowest BCUT2D eigenvalue weighted by Crippen LogP contribution is -2.55. The summed E-state index contributed by atoms with van der Waals surface area (Å²) in [7, 11) is 0. The number of aliphatic hydroxyl groups is 1. The van der Waals surface area contributed by atoms with Gasteiger partial charge in [-0.1, -0.05) is 0 Å². The average molecular weight is 409 g/mol. The Bertz CT molecular complexity index is 997. The van der Waals surface area contributed by atoms with Crippen LogP contribution in [0.5, 0.6) is 0 Å². The molecule has 6 nitrogen and oxygen atoms in total. The molecule has 0 spiro atoms. The summed E-state index contributed by atoms with van der Waals surface area (Å²) in [6, 6.07) is 11.5. The van der Waals surface area contributed by atoms with Crippen molar-refractivity contribution in [2.24, 2.45) is 17.6 Å². The summed E-state index contributed by atoms with van der Waals surface area (Å²) in [4.78, 5) is 26.4. The van der Waals surface area contributed by atoms with Crippen LogP contribution in [-0.2, 0) is 17.8 Å². The molecule has 1 fully saturated rings. The highest BCUT2D eigenvalue weighted by molar-refractivity contribution is 5.97. The Morgan fingerprint density at radius 2 is 2.00 bits per heavy atom. The first-order valence-electron chi connectivity index (χ1n) is 10.7. The molecule has 2 aromatic rings. The fourth-order valence-electron chi connectivity index (χ4n) is 5.02. The molecule has 1 aromatic carbocycles. The number of nitrogens with zero attached hydrogens (tertiary/aromatic N) is 2. The Labute approximate surface area is 177 Å². The van der Waals surface area contributed by atoms with Gasteiger partial charge >= 0.3 is 0 Å². The fourth-order valence-corrected chi connectivity index (χ4v) is 5.02. The van der Waals surface area contributed by atoms with Crippen molar-refractivity contribution in [3.05, 3.63) is 58.9 Å². The molecule has 4 rings (SSSR count). The molecule has 2 amide bonds. The van der Waals surface area contributed by atoms with Crippen LogP contribution in [0, 0.1) is 18.8 Å². The number of pyridine rings is 1. The lowest BCUT2D eigenvalue weighted by atomic mass is 9.82. The number of aromatic nitrogens is 1. The molecular weight excluding hydrogens is 378 g/mol. The number of aliphatic hydroxyl groups excluding tert-OH is 1. The summed E-state index contributed by atoms with van der Waals surface area (Å²) in [6.45, 7) is 6.15. The normalized spacial score (nSPS) is 21.8. The maximum atomic E-state index is 12.8. The van der Waals surface area contributed by atoms with Crippen LogP contribution in [0.4, 0.5) is 5.69 Å². The largest absolute Gasteiger partial charge is 0.382 e. The molecule has 0 radical (unpaired) electrons. The number of hydrogen-bond acceptors (Lipinski definition) is 3. The van der Waals surface area contributed by atoms with Crippen LogP contribution < -0.4 is 15.2 Å². The lowest BCUT2D eigenvalue weighted by molar-refractivity contribution is -0.719. The van der Waals surface area contributed by atoms with E-state index in [1.807, 2.05) is 42.2 Å². The molecule has 1 aromatic heterocycles. The van der Waals surface area contributed by atoms with Gasteiger partial charge in [0.15, 0.2) is 12.2 Å². The van der Waals surface area contributed by atoms with Gasteiger partial charge in [0.05, 0.1) is 0 Å². The van der Waals surface area contributed by atoms with Gasteiger partial charge in [0, 0.05) is 49.2 Å². The molecule has 30 heavy (non-hydrogen) atoms. The van der Waals surface area contributed by atoms with Gasteiger partial charge in [0.1, 0.15) is 6.10 Å². The quantitative estimate of drug-likeness (QED) is 0.745. The van der Waals surface area contributed by atoms with Crippen molar-refractivity contribution < 1.29 is 19.3 Å². The van der Waals surface area contributed by atoms with E-state index < -0.39 is 12.0 Å². The highest BCUT2D eigenvalue weighted by atomic mass is 16.3. The van der Waals surface area contributed by atoms with E-state index in [9.17, 15) is 14.7 Å². The number of carbonyl (C=O) groups excluding carboxylic acids is 2. The first-order chi connectivity index (χ1) is 14.3. The minimum Gasteiger partial charge on any atom is -0.382 e. The Balaban J connectivity index is 1.79. The van der Waals surface area contributed by atoms with E-state index in [1.54, 1.807) is 19.9 Å². The van der Waals surface area contributed by atoms with Gasteiger partial charge in [-0.3, -0.25) is 9.59 Å². The molecule has 3 unspecified atom stereocenters. The summed E-state index contributed by atoms with van der Waals surface area (Å²) < 4.78 is 2.17. The van der Waals surface area contributed by atoms with Crippen LogP contribution in [-0.4, -0.2) is 23.0 Å². The number of carbonyl (C=O) groups is 2. The molecule has 158 valence electrons. The summed E-state index contributed by atoms with van der Waals surface area (Å²) in [6.07, 6.45) is 2.44. The molecule has 3 atom stereocenters. The molecule has 2 aliphatic rings. The first-order valence-corrected chi connectivity index (χ1v) is 10.7. The minimum atomic E-state index is -0.578. The monoisotopic (exact) mass is 408 g/mol. The van der Waals surface area contributed by atoms with E-state index in [4.69, 9.17) is 5.73 Å². The molecule has 1 saturated carbocycles. The van der Waals surface area contributed by atoms with Gasteiger partial charge < -0.3 is 15.7 Å². The van der Waals surface area contributed by atoms with E-state index in [1.165, 1.54) is 0 Å². The maximum Gasteiger partial charge on any atom is 0.248 e. The van der Waals surface area contributed by atoms with Crippen molar-refractivity contribution in [3.8, 4) is 0 Å². The summed E-state index contributed by atoms with van der Waals surface area (Å²) in [5.74, 6) is 0.232. The summed E-state index contributed by atoms with van der Waals surface area (Å²) in [5, 5.41) is 10.3. The number of aryl methyl sites for hydroxylation is 1. The van der Waals surface area contributed by atoms with Crippen LogP contribution in [0.25, 0.3) is 0 Å². The smallest absolute Gasteiger partial charge is 0.248 e. The number of primary amides is 1. The highest BCUT2D eigenvalue weighted by Gasteiger charge is 2.47. The summed E-state index contributed by atoms with van der Waals surface area (Å²) >= 11 is 0. The van der Waals surface area contributed by atoms with Crippen LogP contribution in [0.15, 0.2) is 36.4 Å². The van der Waals surface area contributed by atoms with E-state index in [0.717, 1.165) is 41.9 Å². The highest BCUT2D eigenvalue weighted by Crippen LogP contribution is 2.45. The zero-order chi connectivity index (χ0) is 21.6. The standard InChI is InChI=1S/C24H29N3O3/c1-14-5-4-6-21(15(2)28)26(14)13-20-12-19-11-18(24(25)30)9-10-22(19)27(16(3)29)23(20)17-7-8-17/h4-6,9-11,15,17,20,23,28H,7-8,12-13H2,1-3H3,(H-,25,30)/p+1. The van der Waals surface area contributed by atoms with E-state index >= 15 is 0 Å². The third kappa shape index (κ3) is 3.72. The molecule has 6 heteroatoms. The SMILES string of the molecule is CC(=O)N1c2ccc(C(N)=O)cc2CC(C[n+]2c(C)cccc2C(C)O)C1C1CC1. The zero-order valence-corrected chi connectivity index (χ0v) is 17.8. The van der Waals surface area contributed by atoms with Crippen molar-refractivity contribution >= 4 is 17.5 Å². The van der Waals surface area contributed by atoms with Crippen molar-refractivity contribution in [3.63, 3.8) is 0 Å². The Morgan fingerprint density at radius 3 is 2.60 bits per heavy atom. The third-order valence-electron chi connectivity index (χ3n) is 6.52. The first kappa shape index (κ1) is 20.5. The van der Waals surface area contributed by atoms with Crippen molar-refractivity contribution in [1.29, 1.82) is 0 Å². The van der Waals surface area contributed by atoms with Gasteiger partial charge in [0.25, 0.3) is 0 Å². The second-order valence-corrected chi connectivity index (χ2v) is 8.77. The topological polar surface area (TPSA) is 87.5 Å². The fraction of sp³-hybridized carbons (Fsp3) is 0.458. The van der Waals surface area contributed by atoms with Gasteiger partial charge in [-0.15, -0.1) is 0 Å². The van der Waals surface area contributed by atoms with Crippen molar-refractivity contribution in [2.45, 2.75) is 58.7 Å². The molecule has 0 saturated heterocycles. The predicted octanol–water partition coefficient (Wildman–Crippen LogP) is 2.44. The van der Waals surface area contributed by atoms with Crippen molar-refractivity contribution in [2.75, 3.05) is 4.90 Å². The molecular formula is C24H30N3O3+. The van der Waals surface area contributed by atoms with E-state index in [2.05, 4.69) is 4.57 Å². The van der Waals surface area contributed by atoms with Crippen LogP contribution in [0.2, 0.25) is 0 Å². The lowest BCUT2D eigenvalue weighted by Gasteiger charge is -2.41. The Morgan fingerprint density at radius 1 is 1.27 bits per heavy atom. The predicted molar refractivity (Wildman–Crippen MR) is 114 cm³/mol. The second-order valence-electron chi connectivity index (χ2n) is 8.77. The third-order valence-corrected chi connectivity index (χ3v) is 6.52. The number of hydrogen-bond donors (Lipinski definition) is 2. The van der Waals surface area contributed by atoms with Gasteiger partial charge in [0.2, 0.25) is 17.5 Å². The molecule has 1 aliphatic carbocycles. The molecule has 2 heterocycles. The number of benzene rings is 1. The maximum absolute atomic E-state index is 12.8. The van der Waals surface area contributed by atoms with E-state index in [-0.39, 0.29) is 17.9 Å². The van der Waals surface area contributed by atoms with Crippen molar-refractivity contribution in [1.82, 2.24) is 0 Å². The van der Waals surface area contributed by atoms with Crippen LogP contribution in [0.1, 0.15) is 60.1 Å². The Kier molecular flexibility index (Phi) is 5.36.